The molecule has 2 aromatic rings. The Balaban J connectivity index is 1.79. The molecule has 0 radical (unpaired) electrons. The van der Waals surface area contributed by atoms with Crippen molar-refractivity contribution in [1.29, 1.82) is 0 Å². The molecule has 8 nitrogen and oxygen atoms in total. The van der Waals surface area contributed by atoms with Crippen LogP contribution in [0.25, 0.3) is 5.57 Å². The Kier molecular flexibility index (Phi) is 5.80. The van der Waals surface area contributed by atoms with E-state index in [1.54, 1.807) is 18.2 Å². The van der Waals surface area contributed by atoms with Crippen molar-refractivity contribution in [2.24, 2.45) is 0 Å². The highest BCUT2D eigenvalue weighted by Crippen LogP contribution is 2.37. The Morgan fingerprint density at radius 2 is 1.59 bits per heavy atom. The minimum atomic E-state index is -0.480. The molecule has 0 atom stereocenters. The molecule has 1 saturated heterocycles. The van der Waals surface area contributed by atoms with Crippen LogP contribution in [-0.2, 0) is 9.59 Å². The van der Waals surface area contributed by atoms with E-state index in [2.05, 4.69) is 11.8 Å². The summed E-state index contributed by atoms with van der Waals surface area (Å²) in [7, 11) is 0. The maximum Gasteiger partial charge on any atom is 0.282 e. The fourth-order valence-electron chi connectivity index (χ4n) is 4.38. The Hall–Kier alpha value is -3.52. The number of carbonyl (C=O) groups excluding carboxylic acids is 2. The van der Waals surface area contributed by atoms with Gasteiger partial charge in [0.1, 0.15) is 5.70 Å². The minimum Gasteiger partial charge on any atom is -0.364 e. The number of amides is 2. The molecular formula is C24H26N4O4. The van der Waals surface area contributed by atoms with E-state index in [4.69, 9.17) is 0 Å². The highest BCUT2D eigenvalue weighted by molar-refractivity contribution is 6.45. The average molecular weight is 434 g/mol. The second kappa shape index (κ2) is 8.55. The minimum absolute atomic E-state index is 0.0598. The topological polar surface area (TPSA) is 87.0 Å². The number of nitrogens with zero attached hydrogens (tertiary/aromatic N) is 4. The number of carbonyl (C=O) groups is 2. The van der Waals surface area contributed by atoms with Gasteiger partial charge in [0.05, 0.1) is 16.2 Å². The number of anilines is 1. The molecule has 2 amide bonds. The van der Waals surface area contributed by atoms with Gasteiger partial charge in [0.2, 0.25) is 0 Å². The van der Waals surface area contributed by atoms with Gasteiger partial charge >= 0.3 is 0 Å². The van der Waals surface area contributed by atoms with Gasteiger partial charge in [-0.2, -0.15) is 0 Å². The lowest BCUT2D eigenvalue weighted by Gasteiger charge is -2.36. The summed E-state index contributed by atoms with van der Waals surface area (Å²) in [5.74, 6) is -0.746. The Labute approximate surface area is 186 Å². The zero-order chi connectivity index (χ0) is 23.0. The third-order valence-electron chi connectivity index (χ3n) is 6.16. The first-order chi connectivity index (χ1) is 15.3. The Morgan fingerprint density at radius 3 is 2.16 bits per heavy atom. The number of hydrogen-bond donors (Lipinski definition) is 0. The van der Waals surface area contributed by atoms with Crippen molar-refractivity contribution in [1.82, 2.24) is 9.80 Å². The number of nitro groups is 1. The molecule has 32 heavy (non-hydrogen) atoms. The molecule has 0 spiro atoms. The van der Waals surface area contributed by atoms with Crippen molar-refractivity contribution in [2.45, 2.75) is 20.8 Å². The SMILES string of the molecule is CCN1CCN(C2=C(c3ccc([N+](=O)[O-])cc3)C(=O)N(c3ccc(C)cc3C)C2=O)CC1. The van der Waals surface area contributed by atoms with Gasteiger partial charge in [-0.25, -0.2) is 4.90 Å². The highest BCUT2D eigenvalue weighted by atomic mass is 16.6. The first kappa shape index (κ1) is 21.7. The summed E-state index contributed by atoms with van der Waals surface area (Å²) in [5, 5.41) is 11.1. The van der Waals surface area contributed by atoms with Gasteiger partial charge < -0.3 is 9.80 Å². The van der Waals surface area contributed by atoms with Gasteiger partial charge in [0.25, 0.3) is 17.5 Å². The predicted molar refractivity (Wildman–Crippen MR) is 122 cm³/mol. The highest BCUT2D eigenvalue weighted by Gasteiger charge is 2.43. The average Bonchev–Trinajstić information content (AvgIpc) is 3.04. The molecule has 1 fully saturated rings. The third-order valence-corrected chi connectivity index (χ3v) is 6.16. The van der Waals surface area contributed by atoms with Gasteiger partial charge in [0, 0.05) is 38.3 Å². The zero-order valence-electron chi connectivity index (χ0n) is 18.5. The van der Waals surface area contributed by atoms with E-state index in [1.165, 1.54) is 17.0 Å². The van der Waals surface area contributed by atoms with Crippen LogP contribution in [0.2, 0.25) is 0 Å². The van der Waals surface area contributed by atoms with Crippen LogP contribution in [0.4, 0.5) is 11.4 Å². The monoisotopic (exact) mass is 434 g/mol. The maximum absolute atomic E-state index is 13.6. The number of aryl methyl sites for hydroxylation is 2. The van der Waals surface area contributed by atoms with Crippen LogP contribution in [0.15, 0.2) is 48.2 Å². The Morgan fingerprint density at radius 1 is 0.938 bits per heavy atom. The summed E-state index contributed by atoms with van der Waals surface area (Å²) in [4.78, 5) is 43.4. The second-order valence-electron chi connectivity index (χ2n) is 8.18. The number of nitro benzene ring substituents is 1. The first-order valence-corrected chi connectivity index (χ1v) is 10.7. The summed E-state index contributed by atoms with van der Waals surface area (Å²) in [6, 6.07) is 11.5. The van der Waals surface area contributed by atoms with E-state index in [1.807, 2.05) is 30.9 Å². The van der Waals surface area contributed by atoms with Gasteiger partial charge in [-0.15, -0.1) is 0 Å². The van der Waals surface area contributed by atoms with Gasteiger partial charge in [-0.05, 0) is 49.7 Å². The second-order valence-corrected chi connectivity index (χ2v) is 8.18. The zero-order valence-corrected chi connectivity index (χ0v) is 18.5. The number of non-ortho nitro benzene ring substituents is 1. The Bertz CT molecular complexity index is 1120. The molecule has 2 aliphatic rings. The largest absolute Gasteiger partial charge is 0.364 e. The van der Waals surface area contributed by atoms with Gasteiger partial charge in [-0.3, -0.25) is 19.7 Å². The lowest BCUT2D eigenvalue weighted by molar-refractivity contribution is -0.384. The third kappa shape index (κ3) is 3.78. The summed E-state index contributed by atoms with van der Waals surface area (Å²) in [6.45, 7) is 9.76. The molecule has 0 bridgehead atoms. The molecule has 8 heteroatoms. The molecule has 0 aromatic heterocycles. The van der Waals surface area contributed by atoms with E-state index >= 15 is 0 Å². The van der Waals surface area contributed by atoms with E-state index in [9.17, 15) is 19.7 Å². The molecule has 0 unspecified atom stereocenters. The number of likely N-dealkylation sites (N-methyl/N-ethyl adjacent to an activating group) is 1. The van der Waals surface area contributed by atoms with Crippen LogP contribution in [0.3, 0.4) is 0 Å². The van der Waals surface area contributed by atoms with Gasteiger partial charge in [0.15, 0.2) is 0 Å². The number of hydrogen-bond acceptors (Lipinski definition) is 6. The van der Waals surface area contributed by atoms with Crippen molar-refractivity contribution < 1.29 is 14.5 Å². The molecule has 0 N–H and O–H groups in total. The molecule has 0 saturated carbocycles. The molecular weight excluding hydrogens is 408 g/mol. The standard InChI is InChI=1S/C24H26N4O4/c1-4-25-11-13-26(14-12-25)22-21(18-6-8-19(9-7-18)28(31)32)23(29)27(24(22)30)20-10-5-16(2)15-17(20)3/h5-10,15H,4,11-14H2,1-3H3. The van der Waals surface area contributed by atoms with Crippen LogP contribution < -0.4 is 4.90 Å². The van der Waals surface area contributed by atoms with Gasteiger partial charge in [-0.1, -0.05) is 24.6 Å². The molecule has 2 aromatic carbocycles. The van der Waals surface area contributed by atoms with Crippen LogP contribution in [0, 0.1) is 24.0 Å². The van der Waals surface area contributed by atoms with Crippen LogP contribution in [-0.4, -0.2) is 59.3 Å². The van der Waals surface area contributed by atoms with Crippen LogP contribution >= 0.6 is 0 Å². The van der Waals surface area contributed by atoms with Crippen molar-refractivity contribution in [3.05, 3.63) is 75.0 Å². The predicted octanol–water partition coefficient (Wildman–Crippen LogP) is 3.13. The molecule has 0 aliphatic carbocycles. The summed E-state index contributed by atoms with van der Waals surface area (Å²) in [5.41, 5.74) is 3.57. The van der Waals surface area contributed by atoms with Crippen molar-refractivity contribution in [2.75, 3.05) is 37.6 Å². The fourth-order valence-corrected chi connectivity index (χ4v) is 4.38. The number of piperazine rings is 1. The number of imide groups is 1. The maximum atomic E-state index is 13.6. The first-order valence-electron chi connectivity index (χ1n) is 10.7. The lowest BCUT2D eigenvalue weighted by Crippen LogP contribution is -2.47. The number of benzene rings is 2. The van der Waals surface area contributed by atoms with Crippen molar-refractivity contribution >= 4 is 28.8 Å². The molecule has 2 heterocycles. The summed E-state index contributed by atoms with van der Waals surface area (Å²) >= 11 is 0. The molecule has 166 valence electrons. The summed E-state index contributed by atoms with van der Waals surface area (Å²) < 4.78 is 0. The smallest absolute Gasteiger partial charge is 0.282 e. The molecule has 4 rings (SSSR count). The number of rotatable bonds is 5. The lowest BCUT2D eigenvalue weighted by atomic mass is 10.0. The van der Waals surface area contributed by atoms with E-state index in [0.29, 0.717) is 35.6 Å². The fraction of sp³-hybridized carbons (Fsp3) is 0.333. The van der Waals surface area contributed by atoms with E-state index in [-0.39, 0.29) is 11.6 Å². The quantitative estimate of drug-likeness (QED) is 0.408. The van der Waals surface area contributed by atoms with E-state index < -0.39 is 10.8 Å². The van der Waals surface area contributed by atoms with Crippen molar-refractivity contribution in [3.8, 4) is 0 Å². The van der Waals surface area contributed by atoms with E-state index in [0.717, 1.165) is 30.8 Å². The van der Waals surface area contributed by atoms with Crippen LogP contribution in [0.1, 0.15) is 23.6 Å². The summed E-state index contributed by atoms with van der Waals surface area (Å²) in [6.07, 6.45) is 0. The van der Waals surface area contributed by atoms with Crippen LogP contribution in [0.5, 0.6) is 0 Å². The van der Waals surface area contributed by atoms with Crippen molar-refractivity contribution in [3.63, 3.8) is 0 Å². The normalized spacial score (nSPS) is 17.5. The molecule has 2 aliphatic heterocycles.